The van der Waals surface area contributed by atoms with Gasteiger partial charge in [0.1, 0.15) is 24.3 Å². The second-order valence-electron chi connectivity index (χ2n) is 7.92. The van der Waals surface area contributed by atoms with Gasteiger partial charge < -0.3 is 9.47 Å². The molecule has 0 radical (unpaired) electrons. The summed E-state index contributed by atoms with van der Waals surface area (Å²) >= 11 is 0. The molecule has 4 heterocycles. The van der Waals surface area contributed by atoms with Crippen molar-refractivity contribution in [2.45, 2.75) is 37.6 Å². The van der Waals surface area contributed by atoms with Gasteiger partial charge in [-0.05, 0) is 37.8 Å². The van der Waals surface area contributed by atoms with Crippen LogP contribution in [0.15, 0.2) is 49.2 Å². The number of fused-ring (bicyclic) bond motifs is 1. The molecule has 146 valence electrons. The van der Waals surface area contributed by atoms with Gasteiger partial charge in [-0.15, -0.1) is 10.2 Å². The molecule has 1 aliphatic carbocycles. The fraction of sp³-hybridized carbons (Fsp3) is 0.381. The molecular formula is C21H22N8. The molecule has 8 nitrogen and oxygen atoms in total. The average Bonchev–Trinajstić information content (AvgIpc) is 3.34. The molecule has 0 amide bonds. The highest BCUT2D eigenvalue weighted by Gasteiger charge is 2.31. The largest absolute Gasteiger partial charge is 0.356 e. The quantitative estimate of drug-likeness (QED) is 0.536. The van der Waals surface area contributed by atoms with Gasteiger partial charge in [0, 0.05) is 25.0 Å². The van der Waals surface area contributed by atoms with E-state index in [2.05, 4.69) is 34.7 Å². The van der Waals surface area contributed by atoms with Gasteiger partial charge in [0.25, 0.3) is 0 Å². The van der Waals surface area contributed by atoms with Crippen LogP contribution in [0.1, 0.15) is 43.5 Å². The minimum atomic E-state index is 0.471. The molecule has 0 N–H and O–H groups in total. The Labute approximate surface area is 168 Å². The van der Waals surface area contributed by atoms with Crippen molar-refractivity contribution in [2.24, 2.45) is 0 Å². The normalized spacial score (nSPS) is 17.9. The van der Waals surface area contributed by atoms with Crippen molar-refractivity contribution >= 4 is 16.9 Å². The molecule has 1 aromatic carbocycles. The van der Waals surface area contributed by atoms with E-state index in [1.54, 1.807) is 6.33 Å². The van der Waals surface area contributed by atoms with Gasteiger partial charge in [0.2, 0.25) is 0 Å². The third-order valence-electron chi connectivity index (χ3n) is 6.05. The first-order valence-corrected chi connectivity index (χ1v) is 10.3. The predicted molar refractivity (Wildman–Crippen MR) is 109 cm³/mol. The van der Waals surface area contributed by atoms with E-state index < -0.39 is 0 Å². The molecule has 1 saturated carbocycles. The lowest BCUT2D eigenvalue weighted by Gasteiger charge is -2.32. The Morgan fingerprint density at radius 1 is 0.931 bits per heavy atom. The number of hydrogen-bond donors (Lipinski definition) is 0. The predicted octanol–water partition coefficient (Wildman–Crippen LogP) is 3.13. The van der Waals surface area contributed by atoms with Crippen molar-refractivity contribution in [3.8, 4) is 5.69 Å². The Morgan fingerprint density at radius 3 is 2.55 bits per heavy atom. The summed E-state index contributed by atoms with van der Waals surface area (Å²) in [6, 6.07) is 10.7. The number of piperidine rings is 1. The molecule has 0 spiro atoms. The zero-order valence-electron chi connectivity index (χ0n) is 16.1. The van der Waals surface area contributed by atoms with E-state index >= 15 is 0 Å². The van der Waals surface area contributed by atoms with Crippen LogP contribution in [0.2, 0.25) is 0 Å². The highest BCUT2D eigenvalue weighted by molar-refractivity contribution is 5.87. The number of aromatic nitrogens is 7. The molecule has 1 saturated heterocycles. The van der Waals surface area contributed by atoms with Crippen LogP contribution in [0.3, 0.4) is 0 Å². The van der Waals surface area contributed by atoms with Gasteiger partial charge in [-0.3, -0.25) is 0 Å². The van der Waals surface area contributed by atoms with Crippen LogP contribution in [-0.2, 0) is 0 Å². The molecule has 0 bridgehead atoms. The minimum Gasteiger partial charge on any atom is -0.356 e. The number of para-hydroxylation sites is 1. The second-order valence-corrected chi connectivity index (χ2v) is 7.92. The summed E-state index contributed by atoms with van der Waals surface area (Å²) < 4.78 is 4.18. The first-order valence-electron chi connectivity index (χ1n) is 10.3. The van der Waals surface area contributed by atoms with Crippen molar-refractivity contribution in [2.75, 3.05) is 18.0 Å². The Hall–Kier alpha value is -3.29. The number of rotatable bonds is 4. The molecule has 2 aliphatic rings. The minimum absolute atomic E-state index is 0.471. The number of nitrogens with zero attached hydrogens (tertiary/aromatic N) is 8. The van der Waals surface area contributed by atoms with E-state index in [-0.39, 0.29) is 0 Å². The van der Waals surface area contributed by atoms with E-state index in [0.717, 1.165) is 54.3 Å². The van der Waals surface area contributed by atoms with Crippen molar-refractivity contribution in [1.29, 1.82) is 0 Å². The molecule has 1 aliphatic heterocycles. The zero-order chi connectivity index (χ0) is 19.2. The molecule has 4 aromatic rings. The summed E-state index contributed by atoms with van der Waals surface area (Å²) in [6.45, 7) is 1.90. The van der Waals surface area contributed by atoms with Crippen LogP contribution in [-0.4, -0.2) is 47.6 Å². The van der Waals surface area contributed by atoms with Crippen molar-refractivity contribution < 1.29 is 0 Å². The fourth-order valence-electron chi connectivity index (χ4n) is 4.37. The van der Waals surface area contributed by atoms with E-state index in [4.69, 9.17) is 0 Å². The molecule has 3 aromatic heterocycles. The average molecular weight is 386 g/mol. The summed E-state index contributed by atoms with van der Waals surface area (Å²) in [7, 11) is 0. The maximum absolute atomic E-state index is 4.61. The third kappa shape index (κ3) is 2.86. The van der Waals surface area contributed by atoms with E-state index in [1.807, 2.05) is 47.5 Å². The Balaban J connectivity index is 1.26. The maximum atomic E-state index is 4.61. The standard InChI is InChI=1S/C21H22N8/c1-2-4-17(5-3-1)29-21-18(12-25-29)20(22-13-23-21)27-10-8-15(9-11-27)19-26-24-14-28(19)16-6-7-16/h1-5,12-16H,6-11H2. The lowest BCUT2D eigenvalue weighted by atomic mass is 9.95. The van der Waals surface area contributed by atoms with Crippen LogP contribution < -0.4 is 4.90 Å². The summed E-state index contributed by atoms with van der Waals surface area (Å²) in [5.74, 6) is 2.61. The molecule has 2 fully saturated rings. The third-order valence-corrected chi connectivity index (χ3v) is 6.05. The highest BCUT2D eigenvalue weighted by Crippen LogP contribution is 2.39. The lowest BCUT2D eigenvalue weighted by Crippen LogP contribution is -2.34. The SMILES string of the molecule is c1ccc(-n2ncc3c(N4CCC(c5nncn5C5CC5)CC4)ncnc32)cc1. The van der Waals surface area contributed by atoms with Crippen molar-refractivity contribution in [3.63, 3.8) is 0 Å². The summed E-state index contributed by atoms with van der Waals surface area (Å²) in [5.41, 5.74) is 1.85. The number of anilines is 1. The van der Waals surface area contributed by atoms with Crippen LogP contribution >= 0.6 is 0 Å². The zero-order valence-corrected chi connectivity index (χ0v) is 16.1. The monoisotopic (exact) mass is 386 g/mol. The molecular weight excluding hydrogens is 364 g/mol. The highest BCUT2D eigenvalue weighted by atomic mass is 15.3. The molecule has 8 heteroatoms. The lowest BCUT2D eigenvalue weighted by molar-refractivity contribution is 0.464. The van der Waals surface area contributed by atoms with Crippen molar-refractivity contribution in [1.82, 2.24) is 34.5 Å². The van der Waals surface area contributed by atoms with Gasteiger partial charge in [0.15, 0.2) is 5.65 Å². The smallest absolute Gasteiger partial charge is 0.168 e. The van der Waals surface area contributed by atoms with Gasteiger partial charge in [0.05, 0.1) is 17.3 Å². The second kappa shape index (κ2) is 6.65. The van der Waals surface area contributed by atoms with E-state index in [0.29, 0.717) is 12.0 Å². The molecule has 29 heavy (non-hydrogen) atoms. The number of benzene rings is 1. The molecule has 6 rings (SSSR count). The van der Waals surface area contributed by atoms with Crippen LogP contribution in [0, 0.1) is 0 Å². The first kappa shape index (κ1) is 16.6. The van der Waals surface area contributed by atoms with Crippen LogP contribution in [0.4, 0.5) is 5.82 Å². The molecule has 0 unspecified atom stereocenters. The van der Waals surface area contributed by atoms with Gasteiger partial charge in [-0.25, -0.2) is 14.6 Å². The molecule has 0 atom stereocenters. The Morgan fingerprint density at radius 2 is 1.76 bits per heavy atom. The summed E-state index contributed by atoms with van der Waals surface area (Å²) in [5, 5.41) is 14.2. The van der Waals surface area contributed by atoms with E-state index in [1.165, 1.54) is 12.8 Å². The topological polar surface area (TPSA) is 77.5 Å². The number of hydrogen-bond acceptors (Lipinski definition) is 6. The summed E-state index contributed by atoms with van der Waals surface area (Å²) in [4.78, 5) is 11.5. The Kier molecular flexibility index (Phi) is 3.82. The van der Waals surface area contributed by atoms with Gasteiger partial charge >= 0.3 is 0 Å². The Bertz CT molecular complexity index is 1140. The van der Waals surface area contributed by atoms with Crippen molar-refractivity contribution in [3.05, 3.63) is 55.0 Å². The van der Waals surface area contributed by atoms with Gasteiger partial charge in [-0.1, -0.05) is 18.2 Å². The van der Waals surface area contributed by atoms with E-state index in [9.17, 15) is 0 Å². The first-order chi connectivity index (χ1) is 14.4. The van der Waals surface area contributed by atoms with Crippen LogP contribution in [0.25, 0.3) is 16.7 Å². The van der Waals surface area contributed by atoms with Gasteiger partial charge in [-0.2, -0.15) is 5.10 Å². The summed E-state index contributed by atoms with van der Waals surface area (Å²) in [6.07, 6.45) is 10.1. The fourth-order valence-corrected chi connectivity index (χ4v) is 4.37. The maximum Gasteiger partial charge on any atom is 0.168 e. The van der Waals surface area contributed by atoms with Crippen LogP contribution in [0.5, 0.6) is 0 Å².